The summed E-state index contributed by atoms with van der Waals surface area (Å²) in [6.07, 6.45) is 1.81. The van der Waals surface area contributed by atoms with Crippen LogP contribution in [0, 0.1) is 0 Å². The maximum absolute atomic E-state index is 11.0. The fraction of sp³-hybridized carbons (Fsp3) is 0.0769. The molecule has 0 unspecified atom stereocenters. The zero-order valence-electron chi connectivity index (χ0n) is 9.78. The van der Waals surface area contributed by atoms with E-state index in [1.807, 2.05) is 30.3 Å². The van der Waals surface area contributed by atoms with Crippen LogP contribution in [0.3, 0.4) is 0 Å². The van der Waals surface area contributed by atoms with Crippen molar-refractivity contribution in [3.63, 3.8) is 0 Å². The molecule has 0 amide bonds. The standard InChI is InChI=1S/C13H10N2O3S/c16-7-9-11(12(17)18)14-13-15(9)6-10(19-13)8-4-2-1-3-5-8/h1-6,16H,7H2,(H,17,18). The zero-order chi connectivity index (χ0) is 13.4. The van der Waals surface area contributed by atoms with Crippen molar-refractivity contribution in [3.8, 4) is 10.4 Å². The number of rotatable bonds is 3. The van der Waals surface area contributed by atoms with E-state index in [-0.39, 0.29) is 12.3 Å². The smallest absolute Gasteiger partial charge is 0.356 e. The molecule has 0 radical (unpaired) electrons. The van der Waals surface area contributed by atoms with E-state index >= 15 is 0 Å². The van der Waals surface area contributed by atoms with Crippen LogP contribution in [-0.2, 0) is 6.61 Å². The normalized spacial score (nSPS) is 11.0. The fourth-order valence-electron chi connectivity index (χ4n) is 1.95. The number of aliphatic hydroxyl groups excluding tert-OH is 1. The van der Waals surface area contributed by atoms with Crippen LogP contribution in [-0.4, -0.2) is 25.6 Å². The molecule has 0 atom stereocenters. The predicted octanol–water partition coefficient (Wildman–Crippen LogP) is 2.25. The highest BCUT2D eigenvalue weighted by Crippen LogP contribution is 2.30. The van der Waals surface area contributed by atoms with Crippen LogP contribution >= 0.6 is 11.3 Å². The maximum Gasteiger partial charge on any atom is 0.356 e. The molecule has 2 N–H and O–H groups in total. The lowest BCUT2D eigenvalue weighted by atomic mass is 10.2. The first-order valence-corrected chi connectivity index (χ1v) is 6.42. The van der Waals surface area contributed by atoms with E-state index in [4.69, 9.17) is 5.11 Å². The van der Waals surface area contributed by atoms with Crippen LogP contribution in [0.25, 0.3) is 15.4 Å². The summed E-state index contributed by atoms with van der Waals surface area (Å²) in [5, 5.41) is 18.3. The van der Waals surface area contributed by atoms with Crippen molar-refractivity contribution in [1.29, 1.82) is 0 Å². The second-order valence-corrected chi connectivity index (χ2v) is 4.99. The fourth-order valence-corrected chi connectivity index (χ4v) is 2.96. The molecule has 1 aromatic carbocycles. The summed E-state index contributed by atoms with van der Waals surface area (Å²) in [6, 6.07) is 9.76. The number of benzene rings is 1. The van der Waals surface area contributed by atoms with Gasteiger partial charge in [0.05, 0.1) is 17.2 Å². The Morgan fingerprint density at radius 2 is 2.05 bits per heavy atom. The Balaban J connectivity index is 2.18. The van der Waals surface area contributed by atoms with E-state index in [1.54, 1.807) is 10.6 Å². The van der Waals surface area contributed by atoms with Crippen molar-refractivity contribution in [2.75, 3.05) is 0 Å². The first kappa shape index (κ1) is 11.9. The lowest BCUT2D eigenvalue weighted by Crippen LogP contribution is -2.03. The van der Waals surface area contributed by atoms with E-state index in [1.165, 1.54) is 11.3 Å². The van der Waals surface area contributed by atoms with Gasteiger partial charge in [0.1, 0.15) is 0 Å². The third-order valence-corrected chi connectivity index (χ3v) is 3.87. The Morgan fingerprint density at radius 1 is 1.32 bits per heavy atom. The molecule has 0 bridgehead atoms. The van der Waals surface area contributed by atoms with Crippen molar-refractivity contribution in [2.24, 2.45) is 0 Å². The van der Waals surface area contributed by atoms with Crippen molar-refractivity contribution >= 4 is 22.3 Å². The molecule has 5 nitrogen and oxygen atoms in total. The minimum atomic E-state index is -1.12. The number of carboxylic acid groups (broad SMARTS) is 1. The first-order valence-electron chi connectivity index (χ1n) is 5.61. The molecule has 0 saturated heterocycles. The number of hydrogen-bond acceptors (Lipinski definition) is 4. The van der Waals surface area contributed by atoms with Crippen LogP contribution in [0.15, 0.2) is 36.5 Å². The van der Waals surface area contributed by atoms with Gasteiger partial charge < -0.3 is 10.2 Å². The third-order valence-electron chi connectivity index (χ3n) is 2.84. The molecule has 0 aliphatic rings. The lowest BCUT2D eigenvalue weighted by molar-refractivity contribution is 0.0687. The molecule has 19 heavy (non-hydrogen) atoms. The molecule has 0 aliphatic carbocycles. The molecule has 2 aromatic heterocycles. The zero-order valence-corrected chi connectivity index (χ0v) is 10.6. The van der Waals surface area contributed by atoms with Crippen molar-refractivity contribution in [1.82, 2.24) is 9.38 Å². The Hall–Kier alpha value is -2.18. The number of aliphatic hydroxyl groups is 1. The molecule has 3 aromatic rings. The van der Waals surface area contributed by atoms with Gasteiger partial charge in [-0.3, -0.25) is 4.40 Å². The molecule has 0 aliphatic heterocycles. The van der Waals surface area contributed by atoms with Gasteiger partial charge >= 0.3 is 5.97 Å². The summed E-state index contributed by atoms with van der Waals surface area (Å²) in [5.74, 6) is -1.12. The highest BCUT2D eigenvalue weighted by atomic mass is 32.1. The number of carboxylic acids is 1. The number of nitrogens with zero attached hydrogens (tertiary/aromatic N) is 2. The molecular weight excluding hydrogens is 264 g/mol. The second kappa shape index (κ2) is 4.49. The van der Waals surface area contributed by atoms with Gasteiger partial charge in [-0.1, -0.05) is 41.7 Å². The van der Waals surface area contributed by atoms with E-state index in [9.17, 15) is 9.90 Å². The van der Waals surface area contributed by atoms with E-state index in [0.717, 1.165) is 10.4 Å². The average molecular weight is 274 g/mol. The Labute approximate surface area is 112 Å². The summed E-state index contributed by atoms with van der Waals surface area (Å²) < 4.78 is 1.64. The summed E-state index contributed by atoms with van der Waals surface area (Å²) in [4.78, 5) is 16.6. The van der Waals surface area contributed by atoms with Crippen LogP contribution < -0.4 is 0 Å². The molecule has 0 saturated carbocycles. The second-order valence-electron chi connectivity index (χ2n) is 3.98. The SMILES string of the molecule is O=C(O)c1nc2sc(-c3ccccc3)cn2c1CO. The number of hydrogen-bond donors (Lipinski definition) is 2. The lowest BCUT2D eigenvalue weighted by Gasteiger charge is -1.96. The number of thiazole rings is 1. The molecular formula is C13H10N2O3S. The quantitative estimate of drug-likeness (QED) is 0.768. The minimum absolute atomic E-state index is 0.0895. The minimum Gasteiger partial charge on any atom is -0.476 e. The molecule has 6 heteroatoms. The summed E-state index contributed by atoms with van der Waals surface area (Å²) in [6.45, 7) is -0.353. The van der Waals surface area contributed by atoms with Gasteiger partial charge in [0.25, 0.3) is 0 Å². The topological polar surface area (TPSA) is 74.8 Å². The van der Waals surface area contributed by atoms with Gasteiger partial charge in [-0.25, -0.2) is 9.78 Å². The molecule has 0 fully saturated rings. The number of aromatic carboxylic acids is 1. The highest BCUT2D eigenvalue weighted by molar-refractivity contribution is 7.20. The summed E-state index contributed by atoms with van der Waals surface area (Å²) in [5.41, 5.74) is 1.26. The largest absolute Gasteiger partial charge is 0.476 e. The maximum atomic E-state index is 11.0. The number of imidazole rings is 1. The van der Waals surface area contributed by atoms with Crippen LogP contribution in [0.1, 0.15) is 16.2 Å². The molecule has 0 spiro atoms. The molecule has 96 valence electrons. The number of aromatic nitrogens is 2. The number of fused-ring (bicyclic) bond motifs is 1. The third kappa shape index (κ3) is 1.91. The van der Waals surface area contributed by atoms with Gasteiger partial charge in [-0.05, 0) is 5.56 Å². The molecule has 3 rings (SSSR count). The van der Waals surface area contributed by atoms with Crippen molar-refractivity contribution in [3.05, 3.63) is 47.9 Å². The Morgan fingerprint density at radius 3 is 2.68 bits per heavy atom. The predicted molar refractivity (Wildman–Crippen MR) is 71.4 cm³/mol. The van der Waals surface area contributed by atoms with E-state index in [2.05, 4.69) is 4.98 Å². The highest BCUT2D eigenvalue weighted by Gasteiger charge is 2.19. The van der Waals surface area contributed by atoms with Crippen molar-refractivity contribution in [2.45, 2.75) is 6.61 Å². The molecule has 2 heterocycles. The summed E-state index contributed by atoms with van der Waals surface area (Å²) >= 11 is 1.40. The van der Waals surface area contributed by atoms with Gasteiger partial charge in [-0.15, -0.1) is 0 Å². The van der Waals surface area contributed by atoms with Gasteiger partial charge in [0.2, 0.25) is 0 Å². The number of carbonyl (C=O) groups is 1. The van der Waals surface area contributed by atoms with Gasteiger partial charge in [-0.2, -0.15) is 0 Å². The monoisotopic (exact) mass is 274 g/mol. The van der Waals surface area contributed by atoms with Gasteiger partial charge in [0.15, 0.2) is 10.7 Å². The van der Waals surface area contributed by atoms with E-state index < -0.39 is 5.97 Å². The van der Waals surface area contributed by atoms with Crippen LogP contribution in [0.2, 0.25) is 0 Å². The first-order chi connectivity index (χ1) is 9.20. The van der Waals surface area contributed by atoms with Gasteiger partial charge in [0, 0.05) is 6.20 Å². The average Bonchev–Trinajstić information content (AvgIpc) is 2.96. The van der Waals surface area contributed by atoms with Crippen LogP contribution in [0.5, 0.6) is 0 Å². The van der Waals surface area contributed by atoms with Crippen LogP contribution in [0.4, 0.5) is 0 Å². The van der Waals surface area contributed by atoms with Crippen molar-refractivity contribution < 1.29 is 15.0 Å². The van der Waals surface area contributed by atoms with E-state index in [0.29, 0.717) is 10.7 Å². The Bertz CT molecular complexity index is 746. The summed E-state index contributed by atoms with van der Waals surface area (Å²) in [7, 11) is 0. The Kier molecular flexibility index (Phi) is 2.81.